The molecule has 0 bridgehead atoms. The first-order valence-electron chi connectivity index (χ1n) is 6.10. The third kappa shape index (κ3) is 3.36. The van der Waals surface area contributed by atoms with Crippen LogP contribution in [0.5, 0.6) is 0 Å². The molecule has 104 valence electrons. The molecule has 2 rings (SSSR count). The summed E-state index contributed by atoms with van der Waals surface area (Å²) in [6.07, 6.45) is 0. The highest BCUT2D eigenvalue weighted by Gasteiger charge is 2.16. The maximum absolute atomic E-state index is 12.0. The maximum Gasteiger partial charge on any atom is 0.321 e. The highest BCUT2D eigenvalue weighted by Crippen LogP contribution is 2.15. The van der Waals surface area contributed by atoms with Gasteiger partial charge < -0.3 is 10.1 Å². The lowest BCUT2D eigenvalue weighted by Gasteiger charge is -2.09. The molecule has 0 saturated carbocycles. The molecular formula is C15H14BrNO3. The third-order valence-electron chi connectivity index (χ3n) is 2.91. The number of hydrogen-bond donors (Lipinski definition) is 1. The minimum absolute atomic E-state index is 0.179. The van der Waals surface area contributed by atoms with Crippen LogP contribution in [0.1, 0.15) is 10.4 Å². The van der Waals surface area contributed by atoms with Crippen molar-refractivity contribution in [2.45, 2.75) is 4.83 Å². The first-order valence-corrected chi connectivity index (χ1v) is 7.02. The summed E-state index contributed by atoms with van der Waals surface area (Å²) in [7, 11) is 1.31. The van der Waals surface area contributed by atoms with Gasteiger partial charge in [0.2, 0.25) is 0 Å². The highest BCUT2D eigenvalue weighted by molar-refractivity contribution is 9.10. The minimum atomic E-state index is -0.545. The van der Waals surface area contributed by atoms with E-state index in [0.717, 1.165) is 10.8 Å². The molecule has 0 aliphatic heterocycles. The van der Waals surface area contributed by atoms with Gasteiger partial charge in [-0.2, -0.15) is 0 Å². The molecule has 0 heterocycles. The number of rotatable bonds is 4. The maximum atomic E-state index is 12.0. The van der Waals surface area contributed by atoms with Gasteiger partial charge in [0, 0.05) is 12.1 Å². The lowest BCUT2D eigenvalue weighted by atomic mass is 10.1. The summed E-state index contributed by atoms with van der Waals surface area (Å²) in [6.45, 7) is 0.179. The first kappa shape index (κ1) is 14.5. The summed E-state index contributed by atoms with van der Waals surface area (Å²) in [5.41, 5.74) is 0.563. The van der Waals surface area contributed by atoms with Crippen LogP contribution in [0.15, 0.2) is 42.5 Å². The number of esters is 1. The predicted molar refractivity (Wildman–Crippen MR) is 81.0 cm³/mol. The quantitative estimate of drug-likeness (QED) is 0.689. The van der Waals surface area contributed by atoms with E-state index in [4.69, 9.17) is 0 Å². The third-order valence-corrected chi connectivity index (χ3v) is 3.61. The van der Waals surface area contributed by atoms with E-state index in [9.17, 15) is 9.59 Å². The van der Waals surface area contributed by atoms with Crippen molar-refractivity contribution in [2.24, 2.45) is 0 Å². The highest BCUT2D eigenvalue weighted by atomic mass is 79.9. The molecule has 0 saturated heterocycles. The number of benzene rings is 2. The molecule has 20 heavy (non-hydrogen) atoms. The van der Waals surface area contributed by atoms with Crippen LogP contribution < -0.4 is 5.32 Å². The number of carbonyl (C=O) groups is 2. The van der Waals surface area contributed by atoms with Gasteiger partial charge in [0.15, 0.2) is 0 Å². The summed E-state index contributed by atoms with van der Waals surface area (Å²) in [4.78, 5) is 22.7. The van der Waals surface area contributed by atoms with Crippen molar-refractivity contribution in [1.82, 2.24) is 5.32 Å². The second kappa shape index (κ2) is 6.52. The largest absolute Gasteiger partial charge is 0.468 e. The molecule has 0 fully saturated rings. The van der Waals surface area contributed by atoms with Gasteiger partial charge in [-0.25, -0.2) is 0 Å². The second-order valence-corrected chi connectivity index (χ2v) is 5.37. The van der Waals surface area contributed by atoms with Gasteiger partial charge in [-0.05, 0) is 22.9 Å². The standard InChI is InChI=1S/C15H14BrNO3/c1-20-15(19)13(16)9-17-14(18)12-7-6-10-4-2-3-5-11(10)8-12/h2-8,13H,9H2,1H3,(H,17,18). The number of carbonyl (C=O) groups excluding carboxylic acids is 2. The average Bonchev–Trinajstić information content (AvgIpc) is 2.50. The Morgan fingerprint density at radius 2 is 1.90 bits per heavy atom. The lowest BCUT2D eigenvalue weighted by Crippen LogP contribution is -2.33. The van der Waals surface area contributed by atoms with Crippen molar-refractivity contribution < 1.29 is 14.3 Å². The van der Waals surface area contributed by atoms with Crippen molar-refractivity contribution in [1.29, 1.82) is 0 Å². The smallest absolute Gasteiger partial charge is 0.321 e. The number of hydrogen-bond acceptors (Lipinski definition) is 3. The minimum Gasteiger partial charge on any atom is -0.468 e. The Kier molecular flexibility index (Phi) is 4.74. The van der Waals surface area contributed by atoms with Crippen molar-refractivity contribution in [2.75, 3.05) is 13.7 Å². The van der Waals surface area contributed by atoms with Gasteiger partial charge >= 0.3 is 5.97 Å². The van der Waals surface area contributed by atoms with E-state index in [1.54, 1.807) is 6.07 Å². The summed E-state index contributed by atoms with van der Waals surface area (Å²) < 4.78 is 4.57. The van der Waals surface area contributed by atoms with Crippen LogP contribution >= 0.6 is 15.9 Å². The zero-order chi connectivity index (χ0) is 14.5. The summed E-state index contributed by atoms with van der Waals surface area (Å²) in [5.74, 6) is -0.632. The molecule has 1 unspecified atom stereocenters. The molecule has 1 atom stereocenters. The van der Waals surface area contributed by atoms with E-state index in [-0.39, 0.29) is 12.5 Å². The molecule has 1 amide bonds. The molecule has 1 N–H and O–H groups in total. The number of alkyl halides is 1. The van der Waals surface area contributed by atoms with Crippen LogP contribution in [0, 0.1) is 0 Å². The zero-order valence-corrected chi connectivity index (χ0v) is 12.5. The van der Waals surface area contributed by atoms with Crippen molar-refractivity contribution in [3.05, 3.63) is 48.0 Å². The number of ether oxygens (including phenoxy) is 1. The molecule has 4 nitrogen and oxygen atoms in total. The monoisotopic (exact) mass is 335 g/mol. The van der Waals surface area contributed by atoms with Crippen LogP contribution in [-0.2, 0) is 9.53 Å². The molecular weight excluding hydrogens is 322 g/mol. The Labute approximate surface area is 125 Å². The molecule has 0 aliphatic rings. The summed E-state index contributed by atoms with van der Waals surface area (Å²) >= 11 is 3.16. The predicted octanol–water partition coefficient (Wildman–Crippen LogP) is 2.51. The van der Waals surface area contributed by atoms with E-state index < -0.39 is 10.8 Å². The van der Waals surface area contributed by atoms with Crippen LogP contribution in [0.25, 0.3) is 10.8 Å². The summed E-state index contributed by atoms with van der Waals surface area (Å²) in [5, 5.41) is 4.78. The normalized spacial score (nSPS) is 11.9. The van der Waals surface area contributed by atoms with E-state index in [0.29, 0.717) is 5.56 Å². The summed E-state index contributed by atoms with van der Waals surface area (Å²) in [6, 6.07) is 13.3. The molecule has 0 radical (unpaired) electrons. The fourth-order valence-corrected chi connectivity index (χ4v) is 2.17. The Hall–Kier alpha value is -1.88. The number of nitrogens with one attached hydrogen (secondary N) is 1. The topological polar surface area (TPSA) is 55.4 Å². The van der Waals surface area contributed by atoms with Gasteiger partial charge in [-0.1, -0.05) is 46.3 Å². The Bertz CT molecular complexity index is 642. The van der Waals surface area contributed by atoms with Crippen LogP contribution in [0.2, 0.25) is 0 Å². The fraction of sp³-hybridized carbons (Fsp3) is 0.200. The number of fused-ring (bicyclic) bond motifs is 1. The second-order valence-electron chi connectivity index (χ2n) is 4.26. The van der Waals surface area contributed by atoms with Gasteiger partial charge in [0.25, 0.3) is 5.91 Å². The van der Waals surface area contributed by atoms with E-state index in [2.05, 4.69) is 26.0 Å². The van der Waals surface area contributed by atoms with Crippen LogP contribution in [0.3, 0.4) is 0 Å². The SMILES string of the molecule is COC(=O)C(Br)CNC(=O)c1ccc2ccccc2c1. The number of amides is 1. The number of halogens is 1. The van der Waals surface area contributed by atoms with Gasteiger partial charge in [-0.15, -0.1) is 0 Å². The van der Waals surface area contributed by atoms with Crippen molar-refractivity contribution >= 4 is 38.6 Å². The van der Waals surface area contributed by atoms with Crippen molar-refractivity contribution in [3.8, 4) is 0 Å². The van der Waals surface area contributed by atoms with Crippen molar-refractivity contribution in [3.63, 3.8) is 0 Å². The van der Waals surface area contributed by atoms with E-state index >= 15 is 0 Å². The van der Waals surface area contributed by atoms with Crippen LogP contribution in [0.4, 0.5) is 0 Å². The Balaban J connectivity index is 2.06. The fourth-order valence-electron chi connectivity index (χ4n) is 1.83. The molecule has 0 aliphatic carbocycles. The van der Waals surface area contributed by atoms with Gasteiger partial charge in [-0.3, -0.25) is 9.59 Å². The van der Waals surface area contributed by atoms with Gasteiger partial charge in [0.05, 0.1) is 7.11 Å². The van der Waals surface area contributed by atoms with E-state index in [1.165, 1.54) is 7.11 Å². The molecule has 2 aromatic carbocycles. The zero-order valence-electron chi connectivity index (χ0n) is 10.9. The lowest BCUT2D eigenvalue weighted by molar-refractivity contribution is -0.139. The number of methoxy groups -OCH3 is 1. The van der Waals surface area contributed by atoms with Crippen LogP contribution in [-0.4, -0.2) is 30.4 Å². The molecule has 0 aromatic heterocycles. The average molecular weight is 336 g/mol. The first-order chi connectivity index (χ1) is 9.61. The van der Waals surface area contributed by atoms with Gasteiger partial charge in [0.1, 0.15) is 4.83 Å². The Morgan fingerprint density at radius 1 is 1.20 bits per heavy atom. The molecule has 0 spiro atoms. The molecule has 2 aromatic rings. The van der Waals surface area contributed by atoms with E-state index in [1.807, 2.05) is 36.4 Å². The molecule has 5 heteroatoms. The Morgan fingerprint density at radius 3 is 2.60 bits per heavy atom.